The Kier molecular flexibility index (Phi) is 8.91. The first-order valence-electron chi connectivity index (χ1n) is 16.1. The summed E-state index contributed by atoms with van der Waals surface area (Å²) in [6.07, 6.45) is 11.9. The molecule has 2 N–H and O–H groups in total. The molecule has 1 spiro atoms. The van der Waals surface area contributed by atoms with E-state index in [0.717, 1.165) is 37.7 Å². The highest BCUT2D eigenvalue weighted by Gasteiger charge is 2.72. The number of nitrogens with one attached hydrogen (secondary N) is 1. The van der Waals surface area contributed by atoms with Crippen molar-refractivity contribution in [2.75, 3.05) is 19.7 Å². The van der Waals surface area contributed by atoms with E-state index in [9.17, 15) is 24.3 Å². The minimum Gasteiger partial charge on any atom is -0.460 e. The molecule has 1 aromatic carbocycles. The van der Waals surface area contributed by atoms with Crippen LogP contribution in [0.25, 0.3) is 0 Å². The third-order valence-corrected chi connectivity index (χ3v) is 9.94. The number of allylic oxidation sites excluding steroid dienone is 1. The monoisotopic (exact) mass is 605 g/mol. The summed E-state index contributed by atoms with van der Waals surface area (Å²) in [6, 6.07) is 7.89. The molecule has 0 aromatic heterocycles. The van der Waals surface area contributed by atoms with Gasteiger partial charge in [0.05, 0.1) is 31.2 Å². The molecule has 5 aliphatic rings. The molecule has 1 saturated carbocycles. The number of carbonyl (C=O) groups excluding carboxylic acids is 4. The molecule has 1 aromatic rings. The molecule has 6 rings (SSSR count). The van der Waals surface area contributed by atoms with Crippen LogP contribution in [0.2, 0.25) is 0 Å². The Morgan fingerprint density at radius 2 is 1.82 bits per heavy atom. The van der Waals surface area contributed by atoms with Crippen LogP contribution >= 0.6 is 0 Å². The number of rotatable bonds is 5. The number of hydrogen-bond donors (Lipinski definition) is 2. The molecule has 10 nitrogen and oxygen atoms in total. The topological polar surface area (TPSA) is 125 Å². The normalized spacial score (nSPS) is 34.5. The van der Waals surface area contributed by atoms with E-state index in [2.05, 4.69) is 5.32 Å². The van der Waals surface area contributed by atoms with Crippen LogP contribution in [0.1, 0.15) is 57.4 Å². The lowest BCUT2D eigenvalue weighted by Gasteiger charge is -2.41. The second-order valence-corrected chi connectivity index (χ2v) is 12.8. The number of ether oxygens (including phenoxy) is 2. The number of likely N-dealkylation sites (tertiary alicyclic amines) is 1. The van der Waals surface area contributed by atoms with E-state index >= 15 is 0 Å². The average molecular weight is 606 g/mol. The summed E-state index contributed by atoms with van der Waals surface area (Å²) in [5.41, 5.74) is -0.494. The van der Waals surface area contributed by atoms with Gasteiger partial charge in [0.15, 0.2) is 0 Å². The first-order valence-corrected chi connectivity index (χ1v) is 16.1. The molecule has 3 fully saturated rings. The number of hydrogen-bond acceptors (Lipinski definition) is 7. The SMILES string of the molecule is C[C@@H]1CNC(=O)CC/C=C\[C@H]2O[C@]34C=CCN(C5CCCCC5)C(=O)[C@H]3N([C@@H](CO)Cc3ccccc3)C(=O)[C@@H]4[C@H]2C(=O)O1. The molecule has 10 heteroatoms. The van der Waals surface area contributed by atoms with Crippen LogP contribution in [0.5, 0.6) is 0 Å². The van der Waals surface area contributed by atoms with Crippen molar-refractivity contribution in [3.05, 3.63) is 60.2 Å². The molecular weight excluding hydrogens is 562 g/mol. The van der Waals surface area contributed by atoms with Gasteiger partial charge in [-0.2, -0.15) is 0 Å². The zero-order chi connectivity index (χ0) is 30.8. The fourth-order valence-electron chi connectivity index (χ4n) is 7.87. The minimum atomic E-state index is -1.42. The molecule has 0 radical (unpaired) electrons. The summed E-state index contributed by atoms with van der Waals surface area (Å²) in [6.45, 7) is 1.90. The Morgan fingerprint density at radius 1 is 1.05 bits per heavy atom. The number of aliphatic hydroxyl groups excluding tert-OH is 1. The standard InChI is InChI=1S/C34H43N3O7/c1-22-20-35-27(39)16-9-8-15-26-28(33(42)43-22)29-31(40)37(25(21-38)19-23-11-4-2-5-12-23)30-32(41)36(24-13-6-3-7-14-24)18-10-17-34(29,30)44-26/h2,4-5,8,10-12,15,17,22,24-26,28-30,38H,3,6-7,9,13-14,16,18-21H2,1H3,(H,35,39)/b15-8-/t22-,25-,26-,28+,29+,30-,34+/m1/s1. The van der Waals surface area contributed by atoms with E-state index < -0.39 is 47.7 Å². The molecule has 7 atom stereocenters. The fourth-order valence-corrected chi connectivity index (χ4v) is 7.87. The first-order chi connectivity index (χ1) is 21.3. The van der Waals surface area contributed by atoms with Crippen molar-refractivity contribution in [2.24, 2.45) is 11.8 Å². The second kappa shape index (κ2) is 12.9. The van der Waals surface area contributed by atoms with Gasteiger partial charge in [-0.3, -0.25) is 19.2 Å². The highest BCUT2D eigenvalue weighted by molar-refractivity contribution is 5.99. The van der Waals surface area contributed by atoms with Gasteiger partial charge in [0.25, 0.3) is 0 Å². The van der Waals surface area contributed by atoms with E-state index in [0.29, 0.717) is 19.4 Å². The molecule has 0 unspecified atom stereocenters. The molecular formula is C34H43N3O7. The summed E-state index contributed by atoms with van der Waals surface area (Å²) in [5.74, 6) is -3.36. The van der Waals surface area contributed by atoms with Gasteiger partial charge in [-0.05, 0) is 38.2 Å². The zero-order valence-electron chi connectivity index (χ0n) is 25.3. The Morgan fingerprint density at radius 3 is 2.57 bits per heavy atom. The highest BCUT2D eigenvalue weighted by Crippen LogP contribution is 2.54. The number of fused-ring (bicyclic) bond motifs is 2. The van der Waals surface area contributed by atoms with Crippen molar-refractivity contribution in [3.8, 4) is 0 Å². The Bertz CT molecular complexity index is 1310. The van der Waals surface area contributed by atoms with Gasteiger partial charge in [-0.25, -0.2) is 0 Å². The lowest BCUT2D eigenvalue weighted by Crippen LogP contribution is -2.60. The van der Waals surface area contributed by atoms with E-state index in [1.807, 2.05) is 47.4 Å². The van der Waals surface area contributed by atoms with Crippen LogP contribution in [0, 0.1) is 11.8 Å². The third-order valence-electron chi connectivity index (χ3n) is 9.94. The molecule has 0 bridgehead atoms. The van der Waals surface area contributed by atoms with E-state index in [1.54, 1.807) is 19.1 Å². The van der Waals surface area contributed by atoms with Gasteiger partial charge < -0.3 is 29.7 Å². The maximum absolute atomic E-state index is 14.8. The van der Waals surface area contributed by atoms with Gasteiger partial charge >= 0.3 is 5.97 Å². The van der Waals surface area contributed by atoms with Crippen LogP contribution in [-0.2, 0) is 35.1 Å². The molecule has 236 valence electrons. The molecule has 1 aliphatic carbocycles. The van der Waals surface area contributed by atoms with Gasteiger partial charge in [0.2, 0.25) is 17.7 Å². The molecule has 4 heterocycles. The number of carbonyl (C=O) groups is 4. The van der Waals surface area contributed by atoms with Gasteiger partial charge in [0, 0.05) is 19.0 Å². The Hall–Kier alpha value is -3.50. The number of aliphatic hydroxyl groups is 1. The van der Waals surface area contributed by atoms with Crippen LogP contribution < -0.4 is 5.32 Å². The number of nitrogens with zero attached hydrogens (tertiary/aromatic N) is 2. The highest BCUT2D eigenvalue weighted by atomic mass is 16.6. The summed E-state index contributed by atoms with van der Waals surface area (Å²) in [4.78, 5) is 59.0. The van der Waals surface area contributed by atoms with Crippen molar-refractivity contribution in [2.45, 2.75) is 94.2 Å². The summed E-state index contributed by atoms with van der Waals surface area (Å²) in [7, 11) is 0. The Balaban J connectivity index is 1.43. The largest absolute Gasteiger partial charge is 0.460 e. The number of cyclic esters (lactones) is 1. The maximum atomic E-state index is 14.8. The van der Waals surface area contributed by atoms with Gasteiger partial charge in [-0.1, -0.05) is 73.9 Å². The van der Waals surface area contributed by atoms with Crippen molar-refractivity contribution >= 4 is 23.7 Å². The molecule has 44 heavy (non-hydrogen) atoms. The lowest BCUT2D eigenvalue weighted by atomic mass is 9.77. The average Bonchev–Trinajstić information content (AvgIpc) is 3.42. The summed E-state index contributed by atoms with van der Waals surface area (Å²) < 4.78 is 12.6. The van der Waals surface area contributed by atoms with Crippen molar-refractivity contribution in [3.63, 3.8) is 0 Å². The molecule has 4 aliphatic heterocycles. The van der Waals surface area contributed by atoms with Crippen molar-refractivity contribution in [1.29, 1.82) is 0 Å². The van der Waals surface area contributed by atoms with Gasteiger partial charge in [-0.15, -0.1) is 0 Å². The second-order valence-electron chi connectivity index (χ2n) is 12.8. The van der Waals surface area contributed by atoms with Crippen LogP contribution in [0.15, 0.2) is 54.6 Å². The smallest absolute Gasteiger partial charge is 0.313 e. The van der Waals surface area contributed by atoms with E-state index in [4.69, 9.17) is 9.47 Å². The summed E-state index contributed by atoms with van der Waals surface area (Å²) >= 11 is 0. The fraction of sp³-hybridized carbons (Fsp3) is 0.588. The lowest BCUT2D eigenvalue weighted by molar-refractivity contribution is -0.160. The Labute approximate surface area is 258 Å². The van der Waals surface area contributed by atoms with Crippen molar-refractivity contribution in [1.82, 2.24) is 15.1 Å². The van der Waals surface area contributed by atoms with Gasteiger partial charge in [0.1, 0.15) is 23.7 Å². The number of benzene rings is 1. The molecule has 2 saturated heterocycles. The van der Waals surface area contributed by atoms with Crippen LogP contribution in [0.4, 0.5) is 0 Å². The maximum Gasteiger partial charge on any atom is 0.313 e. The van der Waals surface area contributed by atoms with E-state index in [-0.39, 0.29) is 43.3 Å². The number of esters is 1. The van der Waals surface area contributed by atoms with Crippen LogP contribution in [0.3, 0.4) is 0 Å². The quantitative estimate of drug-likeness (QED) is 0.390. The van der Waals surface area contributed by atoms with E-state index in [1.165, 1.54) is 4.90 Å². The zero-order valence-corrected chi connectivity index (χ0v) is 25.3. The number of amides is 3. The minimum absolute atomic E-state index is 0.0547. The predicted octanol–water partition coefficient (Wildman–Crippen LogP) is 2.30. The third kappa shape index (κ3) is 5.58. The van der Waals surface area contributed by atoms with Crippen LogP contribution in [-0.4, -0.2) is 94.2 Å². The summed E-state index contributed by atoms with van der Waals surface area (Å²) in [5, 5.41) is 13.5. The molecule has 3 amide bonds. The van der Waals surface area contributed by atoms with Crippen molar-refractivity contribution < 1.29 is 33.8 Å². The first kappa shape index (κ1) is 30.5. The predicted molar refractivity (Wildman–Crippen MR) is 161 cm³/mol.